The number of alkyl halides is 2. The number of H-pyrrole nitrogens is 1. The van der Waals surface area contributed by atoms with E-state index < -0.39 is 38.5 Å². The van der Waals surface area contributed by atoms with Gasteiger partial charge in [0, 0.05) is 11.8 Å². The van der Waals surface area contributed by atoms with Crippen molar-refractivity contribution in [2.45, 2.75) is 26.2 Å². The number of aromatic amines is 1. The molecule has 2 aromatic rings. The van der Waals surface area contributed by atoms with Crippen molar-refractivity contribution in [1.29, 1.82) is 5.26 Å². The zero-order valence-corrected chi connectivity index (χ0v) is 13.6. The lowest BCUT2D eigenvalue weighted by molar-refractivity contribution is 0.152. The highest BCUT2D eigenvalue weighted by atomic mass is 19.3. The van der Waals surface area contributed by atoms with Crippen LogP contribution in [0.1, 0.15) is 40.1 Å². The van der Waals surface area contributed by atoms with Crippen molar-refractivity contribution in [3.63, 3.8) is 0 Å². The predicted molar refractivity (Wildman–Crippen MR) is 88.3 cm³/mol. The molecule has 0 atom stereocenters. The first-order valence-electron chi connectivity index (χ1n) is 7.55. The van der Waals surface area contributed by atoms with Crippen LogP contribution in [0.3, 0.4) is 0 Å². The van der Waals surface area contributed by atoms with Gasteiger partial charge in [0.1, 0.15) is 18.5 Å². The maximum atomic E-state index is 13.6. The smallest absolute Gasteiger partial charge is 0.267 e. The normalized spacial score (nSPS) is 11.5. The molecule has 0 fully saturated rings. The average molecular weight is 365 g/mol. The molecule has 0 unspecified atom stereocenters. The van der Waals surface area contributed by atoms with E-state index >= 15 is 0 Å². The molecule has 1 aromatic heterocycles. The minimum Gasteiger partial charge on any atom is -0.392 e. The molecule has 138 valence electrons. The Labute approximate surface area is 147 Å². The van der Waals surface area contributed by atoms with Crippen LogP contribution in [-0.2, 0) is 19.8 Å². The summed E-state index contributed by atoms with van der Waals surface area (Å²) >= 11 is 0. The van der Waals surface area contributed by atoms with Gasteiger partial charge in [-0.2, -0.15) is 5.26 Å². The van der Waals surface area contributed by atoms with Gasteiger partial charge in [0.2, 0.25) is 0 Å². The Kier molecular flexibility index (Phi) is 6.54. The highest BCUT2D eigenvalue weighted by Crippen LogP contribution is 2.39. The summed E-state index contributed by atoms with van der Waals surface area (Å²) < 4.78 is 27.3. The monoisotopic (exact) mass is 365 g/mol. The molecule has 5 N–H and O–H groups in total. The Morgan fingerprint density at radius 2 is 1.81 bits per heavy atom. The third-order valence-electron chi connectivity index (χ3n) is 3.98. The molecule has 0 radical (unpaired) electrons. The Hall–Kier alpha value is -2.64. The van der Waals surface area contributed by atoms with E-state index in [1.54, 1.807) is 6.07 Å². The summed E-state index contributed by atoms with van der Waals surface area (Å²) in [4.78, 5) is 6.14. The molecule has 1 aromatic carbocycles. The van der Waals surface area contributed by atoms with Crippen LogP contribution in [0.4, 0.5) is 8.78 Å². The topological polar surface area (TPSA) is 133 Å². The number of aromatic nitrogens is 1. The van der Waals surface area contributed by atoms with Gasteiger partial charge in [0.05, 0.1) is 31.1 Å². The third kappa shape index (κ3) is 3.49. The molecule has 0 aliphatic heterocycles. The number of aliphatic hydroxyl groups is 4. The molecule has 0 aliphatic carbocycles. The quantitative estimate of drug-likeness (QED) is 0.472. The van der Waals surface area contributed by atoms with Crippen LogP contribution in [0.15, 0.2) is 17.1 Å². The van der Waals surface area contributed by atoms with Crippen molar-refractivity contribution in [2.75, 3.05) is 6.73 Å². The average Bonchev–Trinajstić information content (AvgIpc) is 3.03. The molecule has 0 saturated carbocycles. The van der Waals surface area contributed by atoms with Crippen LogP contribution in [-0.4, -0.2) is 38.4 Å². The van der Waals surface area contributed by atoms with Crippen molar-refractivity contribution >= 4 is 6.21 Å². The summed E-state index contributed by atoms with van der Waals surface area (Å²) in [6.07, 6.45) is -1.88. The molecule has 0 saturated heterocycles. The van der Waals surface area contributed by atoms with Crippen LogP contribution in [0.25, 0.3) is 11.1 Å². The SMILES string of the molecule is N#Cc1[nH]c(/C=N/CO)c(-c2ccc(CO)c(CO)c2CO)c1C(F)F. The van der Waals surface area contributed by atoms with Gasteiger partial charge < -0.3 is 25.4 Å². The highest BCUT2D eigenvalue weighted by Gasteiger charge is 2.27. The van der Waals surface area contributed by atoms with Crippen molar-refractivity contribution in [3.8, 4) is 17.2 Å². The minimum absolute atomic E-state index is 0.0567. The molecular weight excluding hydrogens is 348 g/mol. The largest absolute Gasteiger partial charge is 0.392 e. The first-order valence-corrected chi connectivity index (χ1v) is 7.55. The number of rotatable bonds is 7. The zero-order chi connectivity index (χ0) is 19.3. The van der Waals surface area contributed by atoms with E-state index in [4.69, 9.17) is 10.4 Å². The van der Waals surface area contributed by atoms with Gasteiger partial charge >= 0.3 is 0 Å². The summed E-state index contributed by atoms with van der Waals surface area (Å²) in [6, 6.07) is 4.53. The molecule has 0 aliphatic rings. The highest BCUT2D eigenvalue weighted by molar-refractivity contribution is 5.92. The molecule has 1 heterocycles. The molecular formula is C17H17F2N3O4. The first-order chi connectivity index (χ1) is 12.5. The Balaban J connectivity index is 2.89. The lowest BCUT2D eigenvalue weighted by atomic mass is 9.90. The maximum absolute atomic E-state index is 13.6. The van der Waals surface area contributed by atoms with Gasteiger partial charge in [0.25, 0.3) is 6.43 Å². The van der Waals surface area contributed by atoms with Crippen molar-refractivity contribution in [2.24, 2.45) is 4.99 Å². The fourth-order valence-corrected chi connectivity index (χ4v) is 2.86. The number of nitrogens with zero attached hydrogens (tertiary/aromatic N) is 2. The van der Waals surface area contributed by atoms with Crippen LogP contribution in [0.5, 0.6) is 0 Å². The summed E-state index contributed by atoms with van der Waals surface area (Å²) in [5, 5.41) is 46.7. The summed E-state index contributed by atoms with van der Waals surface area (Å²) in [6.45, 7) is -2.08. The first kappa shape index (κ1) is 19.7. The number of hydrogen-bond donors (Lipinski definition) is 5. The Morgan fingerprint density at radius 3 is 2.31 bits per heavy atom. The van der Waals surface area contributed by atoms with E-state index in [0.717, 1.165) is 6.21 Å². The van der Waals surface area contributed by atoms with E-state index in [1.807, 2.05) is 0 Å². The number of aliphatic hydroxyl groups excluding tert-OH is 4. The second-order valence-corrected chi connectivity index (χ2v) is 5.27. The van der Waals surface area contributed by atoms with Gasteiger partial charge in [-0.3, -0.25) is 4.99 Å². The van der Waals surface area contributed by atoms with E-state index in [0.29, 0.717) is 5.56 Å². The summed E-state index contributed by atoms with van der Waals surface area (Å²) in [7, 11) is 0. The molecule has 2 rings (SSSR count). The molecule has 26 heavy (non-hydrogen) atoms. The standard InChI is InChI=1S/C17H17F2N3O4/c18-17(19)16-13(3-20)22-14(4-21-8-26)15(16)10-2-1-9(5-23)11(6-24)12(10)7-25/h1-2,4,17,22-26H,5-8H2/b21-4+. The fraction of sp³-hybridized carbons (Fsp3) is 0.294. The van der Waals surface area contributed by atoms with Crippen molar-refractivity contribution in [3.05, 3.63) is 45.8 Å². The fourth-order valence-electron chi connectivity index (χ4n) is 2.86. The van der Waals surface area contributed by atoms with E-state index in [-0.39, 0.29) is 33.6 Å². The van der Waals surface area contributed by atoms with Crippen LogP contribution in [0.2, 0.25) is 0 Å². The molecule has 9 heteroatoms. The molecule has 0 spiro atoms. The van der Waals surface area contributed by atoms with Gasteiger partial charge in [-0.05, 0) is 22.3 Å². The Bertz CT molecular complexity index is 857. The van der Waals surface area contributed by atoms with E-state index in [9.17, 15) is 24.1 Å². The van der Waals surface area contributed by atoms with Crippen LogP contribution < -0.4 is 0 Å². The van der Waals surface area contributed by atoms with E-state index in [1.165, 1.54) is 12.1 Å². The van der Waals surface area contributed by atoms with Crippen LogP contribution in [0, 0.1) is 11.3 Å². The number of nitriles is 1. The summed E-state index contributed by atoms with van der Waals surface area (Å²) in [5.74, 6) is 0. The van der Waals surface area contributed by atoms with Gasteiger partial charge in [-0.25, -0.2) is 8.78 Å². The minimum atomic E-state index is -2.99. The van der Waals surface area contributed by atoms with Gasteiger partial charge in [-0.15, -0.1) is 0 Å². The van der Waals surface area contributed by atoms with E-state index in [2.05, 4.69) is 9.98 Å². The number of halogens is 2. The third-order valence-corrected chi connectivity index (χ3v) is 3.98. The second kappa shape index (κ2) is 8.64. The molecule has 0 bridgehead atoms. The van der Waals surface area contributed by atoms with Crippen LogP contribution >= 0.6 is 0 Å². The predicted octanol–water partition coefficient (Wildman–Crippen LogP) is 1.34. The van der Waals surface area contributed by atoms with Gasteiger partial charge in [0.15, 0.2) is 0 Å². The maximum Gasteiger partial charge on any atom is 0.267 e. The van der Waals surface area contributed by atoms with Crippen molar-refractivity contribution < 1.29 is 29.2 Å². The summed E-state index contributed by atoms with van der Waals surface area (Å²) in [5.41, 5.74) is -0.0437. The van der Waals surface area contributed by atoms with Gasteiger partial charge in [-0.1, -0.05) is 12.1 Å². The molecule has 0 amide bonds. The molecule has 7 nitrogen and oxygen atoms in total. The lowest BCUT2D eigenvalue weighted by Crippen LogP contribution is -2.05. The Morgan fingerprint density at radius 1 is 1.12 bits per heavy atom. The number of benzene rings is 1. The second-order valence-electron chi connectivity index (χ2n) is 5.27. The number of hydrogen-bond acceptors (Lipinski definition) is 6. The zero-order valence-electron chi connectivity index (χ0n) is 13.6. The number of aliphatic imine (C=N–C) groups is 1. The van der Waals surface area contributed by atoms with Crippen molar-refractivity contribution in [1.82, 2.24) is 4.98 Å². The lowest BCUT2D eigenvalue weighted by Gasteiger charge is -2.16. The number of nitrogens with one attached hydrogen (secondary N) is 1.